The topological polar surface area (TPSA) is 87.8 Å². The molecule has 0 fully saturated rings. The van der Waals surface area contributed by atoms with Crippen LogP contribution in [0.1, 0.15) is 28.1 Å². The monoisotopic (exact) mass is 372 g/mol. The van der Waals surface area contributed by atoms with E-state index in [0.717, 1.165) is 20.9 Å². The third-order valence-corrected chi connectivity index (χ3v) is 6.39. The molecule has 4 N–H and O–H groups in total. The number of hydrogen-bond acceptors (Lipinski definition) is 6. The summed E-state index contributed by atoms with van der Waals surface area (Å²) in [5.41, 5.74) is 7.60. The van der Waals surface area contributed by atoms with Crippen LogP contribution in [0.3, 0.4) is 0 Å². The molecule has 25 heavy (non-hydrogen) atoms. The minimum absolute atomic E-state index is 0.142. The fraction of sp³-hybridized carbons (Fsp3) is 0.222. The van der Waals surface area contributed by atoms with Gasteiger partial charge in [-0.05, 0) is 48.9 Å². The van der Waals surface area contributed by atoms with E-state index in [1.807, 2.05) is 31.2 Å². The molecule has 2 unspecified atom stereocenters. The number of aliphatic hydroxyl groups is 1. The summed E-state index contributed by atoms with van der Waals surface area (Å²) in [4.78, 5) is 7.34. The maximum Gasteiger partial charge on any atom is 0.161 e. The molecule has 0 aliphatic carbocycles. The van der Waals surface area contributed by atoms with E-state index in [1.165, 1.54) is 17.4 Å². The SMILES string of the molecule is C=C/C=C(\C=C/N)C1CC(C(O)c2ccc(C)s2)=C(c2ncn[nH]2)S1. The summed E-state index contributed by atoms with van der Waals surface area (Å²) in [7, 11) is 0. The van der Waals surface area contributed by atoms with Crippen molar-refractivity contribution in [1.29, 1.82) is 0 Å². The number of aliphatic hydroxyl groups excluding tert-OH is 1. The van der Waals surface area contributed by atoms with Gasteiger partial charge in [0.2, 0.25) is 0 Å². The molecule has 2 atom stereocenters. The molecule has 3 rings (SSSR count). The Labute approximate surface area is 155 Å². The Bertz CT molecular complexity index is 833. The molecule has 0 saturated carbocycles. The van der Waals surface area contributed by atoms with Gasteiger partial charge in [0.25, 0.3) is 0 Å². The number of aryl methyl sites for hydroxylation is 1. The van der Waals surface area contributed by atoms with E-state index < -0.39 is 6.10 Å². The fourth-order valence-corrected chi connectivity index (χ4v) is 5.08. The lowest BCUT2D eigenvalue weighted by Gasteiger charge is -2.13. The number of aromatic amines is 1. The molecule has 0 amide bonds. The van der Waals surface area contributed by atoms with E-state index in [9.17, 15) is 5.11 Å². The quantitative estimate of drug-likeness (QED) is 0.673. The molecular formula is C18H20N4OS2. The molecule has 130 valence electrons. The molecule has 0 bridgehead atoms. The standard InChI is InChI=1S/C18H20N4OS2/c1-3-4-12(7-8-19)15-9-13(16(23)14-6-5-11(2)24-14)17(25-15)18-20-10-21-22-18/h3-8,10,15-16,23H,1,9,19H2,2H3,(H,20,21,22)/b8-7-,12-4+. The van der Waals surface area contributed by atoms with E-state index in [2.05, 4.69) is 21.8 Å². The summed E-state index contributed by atoms with van der Waals surface area (Å²) in [6, 6.07) is 4.01. The number of nitrogens with one attached hydrogen (secondary N) is 1. The second-order valence-electron chi connectivity index (χ2n) is 5.61. The average Bonchev–Trinajstić information content (AvgIpc) is 3.33. The van der Waals surface area contributed by atoms with Crippen molar-refractivity contribution in [2.45, 2.75) is 24.7 Å². The van der Waals surface area contributed by atoms with Crippen molar-refractivity contribution in [3.8, 4) is 0 Å². The summed E-state index contributed by atoms with van der Waals surface area (Å²) in [6.07, 6.45) is 8.65. The summed E-state index contributed by atoms with van der Waals surface area (Å²) in [5, 5.41) is 18.0. The van der Waals surface area contributed by atoms with Crippen molar-refractivity contribution in [3.63, 3.8) is 0 Å². The summed E-state index contributed by atoms with van der Waals surface area (Å²) >= 11 is 3.27. The van der Waals surface area contributed by atoms with Gasteiger partial charge in [-0.2, -0.15) is 5.10 Å². The second-order valence-corrected chi connectivity index (χ2v) is 8.14. The van der Waals surface area contributed by atoms with Crippen LogP contribution in [0.25, 0.3) is 4.91 Å². The highest BCUT2D eigenvalue weighted by Gasteiger charge is 2.33. The molecule has 0 saturated heterocycles. The smallest absolute Gasteiger partial charge is 0.161 e. The first-order valence-electron chi connectivity index (χ1n) is 7.84. The van der Waals surface area contributed by atoms with Gasteiger partial charge in [0.05, 0.1) is 4.91 Å². The predicted octanol–water partition coefficient (Wildman–Crippen LogP) is 3.71. The van der Waals surface area contributed by atoms with Crippen molar-refractivity contribution in [1.82, 2.24) is 15.2 Å². The number of thiophene rings is 1. The molecule has 2 aromatic heterocycles. The van der Waals surface area contributed by atoms with Gasteiger partial charge in [0.15, 0.2) is 5.82 Å². The van der Waals surface area contributed by atoms with E-state index in [4.69, 9.17) is 5.73 Å². The molecule has 0 spiro atoms. The van der Waals surface area contributed by atoms with Crippen LogP contribution in [0.15, 0.2) is 60.6 Å². The highest BCUT2D eigenvalue weighted by atomic mass is 32.2. The summed E-state index contributed by atoms with van der Waals surface area (Å²) in [6.45, 7) is 5.81. The van der Waals surface area contributed by atoms with Gasteiger partial charge in [0, 0.05) is 15.0 Å². The number of aromatic nitrogens is 3. The van der Waals surface area contributed by atoms with Crippen molar-refractivity contribution < 1.29 is 5.11 Å². The van der Waals surface area contributed by atoms with E-state index in [1.54, 1.807) is 29.2 Å². The molecule has 1 aliphatic heterocycles. The normalized spacial score (nSPS) is 19.8. The number of nitrogens with zero attached hydrogens (tertiary/aromatic N) is 2. The second kappa shape index (κ2) is 7.86. The predicted molar refractivity (Wildman–Crippen MR) is 105 cm³/mol. The zero-order valence-electron chi connectivity index (χ0n) is 13.8. The highest BCUT2D eigenvalue weighted by molar-refractivity contribution is 8.09. The third kappa shape index (κ3) is 3.78. The minimum Gasteiger partial charge on any atom is -0.405 e. The Morgan fingerprint density at radius 2 is 2.36 bits per heavy atom. The Morgan fingerprint density at radius 3 is 2.96 bits per heavy atom. The molecule has 0 aromatic carbocycles. The van der Waals surface area contributed by atoms with Gasteiger partial charge in [-0.1, -0.05) is 18.7 Å². The van der Waals surface area contributed by atoms with Crippen LogP contribution in [0.4, 0.5) is 0 Å². The van der Waals surface area contributed by atoms with Gasteiger partial charge in [0.1, 0.15) is 12.4 Å². The van der Waals surface area contributed by atoms with Crippen molar-refractivity contribution in [2.24, 2.45) is 5.73 Å². The van der Waals surface area contributed by atoms with Crippen molar-refractivity contribution in [2.75, 3.05) is 0 Å². The number of hydrogen-bond donors (Lipinski definition) is 3. The lowest BCUT2D eigenvalue weighted by Crippen LogP contribution is -2.05. The number of allylic oxidation sites excluding steroid dienone is 3. The van der Waals surface area contributed by atoms with E-state index in [-0.39, 0.29) is 5.25 Å². The van der Waals surface area contributed by atoms with Crippen LogP contribution in [-0.4, -0.2) is 25.5 Å². The van der Waals surface area contributed by atoms with Crippen molar-refractivity contribution >= 4 is 28.0 Å². The third-order valence-electron chi connectivity index (χ3n) is 3.92. The minimum atomic E-state index is -0.650. The van der Waals surface area contributed by atoms with Gasteiger partial charge >= 0.3 is 0 Å². The first-order valence-corrected chi connectivity index (χ1v) is 9.54. The molecule has 5 nitrogen and oxygen atoms in total. The lowest BCUT2D eigenvalue weighted by atomic mass is 9.98. The van der Waals surface area contributed by atoms with Crippen molar-refractivity contribution in [3.05, 3.63) is 76.2 Å². The molecule has 3 heterocycles. The Morgan fingerprint density at radius 1 is 1.52 bits per heavy atom. The highest BCUT2D eigenvalue weighted by Crippen LogP contribution is 2.50. The first-order chi connectivity index (χ1) is 12.1. The Kier molecular flexibility index (Phi) is 5.57. The van der Waals surface area contributed by atoms with Gasteiger partial charge in [-0.25, -0.2) is 4.98 Å². The Hall–Kier alpha value is -2.09. The van der Waals surface area contributed by atoms with Crippen LogP contribution in [-0.2, 0) is 0 Å². The van der Waals surface area contributed by atoms with Crippen LogP contribution in [0.5, 0.6) is 0 Å². The lowest BCUT2D eigenvalue weighted by molar-refractivity contribution is 0.217. The first kappa shape index (κ1) is 17.7. The number of H-pyrrole nitrogens is 1. The zero-order valence-corrected chi connectivity index (χ0v) is 15.5. The van der Waals surface area contributed by atoms with Crippen LogP contribution in [0, 0.1) is 6.92 Å². The zero-order chi connectivity index (χ0) is 17.8. The van der Waals surface area contributed by atoms with E-state index in [0.29, 0.717) is 12.2 Å². The Balaban J connectivity index is 1.97. The van der Waals surface area contributed by atoms with Gasteiger partial charge in [-0.3, -0.25) is 5.10 Å². The molecule has 0 radical (unpaired) electrons. The maximum atomic E-state index is 11.0. The summed E-state index contributed by atoms with van der Waals surface area (Å²) in [5.74, 6) is 0.685. The molecule has 2 aromatic rings. The van der Waals surface area contributed by atoms with Crippen LogP contribution in [0.2, 0.25) is 0 Å². The van der Waals surface area contributed by atoms with Gasteiger partial charge < -0.3 is 10.8 Å². The average molecular weight is 373 g/mol. The number of thioether (sulfide) groups is 1. The number of nitrogens with two attached hydrogens (primary N) is 1. The molecule has 1 aliphatic rings. The maximum absolute atomic E-state index is 11.0. The summed E-state index contributed by atoms with van der Waals surface area (Å²) < 4.78 is 0. The fourth-order valence-electron chi connectivity index (χ4n) is 2.79. The largest absolute Gasteiger partial charge is 0.405 e. The van der Waals surface area contributed by atoms with Gasteiger partial charge in [-0.15, -0.1) is 23.1 Å². The molecular weight excluding hydrogens is 352 g/mol. The van der Waals surface area contributed by atoms with E-state index >= 15 is 0 Å². The number of rotatable bonds is 6. The van der Waals surface area contributed by atoms with Crippen LogP contribution >= 0.6 is 23.1 Å². The molecule has 7 heteroatoms. The van der Waals surface area contributed by atoms with Crippen LogP contribution < -0.4 is 5.73 Å².